The van der Waals surface area contributed by atoms with E-state index in [4.69, 9.17) is 9.47 Å². The number of nitrogens with zero attached hydrogens (tertiary/aromatic N) is 2. The van der Waals surface area contributed by atoms with Crippen LogP contribution in [0.25, 0.3) is 0 Å². The maximum Gasteiger partial charge on any atom is 0.253 e. The Hall–Kier alpha value is -1.20. The molecule has 1 aromatic rings. The number of rotatable bonds is 4. The van der Waals surface area contributed by atoms with E-state index >= 15 is 0 Å². The summed E-state index contributed by atoms with van der Waals surface area (Å²) in [5, 5.41) is 0. The van der Waals surface area contributed by atoms with Gasteiger partial charge in [0.2, 0.25) is 0 Å². The van der Waals surface area contributed by atoms with Crippen LogP contribution in [0, 0.1) is 0 Å². The molecule has 2 heterocycles. The van der Waals surface area contributed by atoms with Gasteiger partial charge in [0.05, 0.1) is 25.2 Å². The Morgan fingerprint density at radius 3 is 2.76 bits per heavy atom. The van der Waals surface area contributed by atoms with Gasteiger partial charge in [0.15, 0.2) is 6.29 Å². The van der Waals surface area contributed by atoms with E-state index in [1.165, 1.54) is 0 Å². The molecular formula is C12H18N2O3. The lowest BCUT2D eigenvalue weighted by atomic mass is 10.1. The summed E-state index contributed by atoms with van der Waals surface area (Å²) in [6.07, 6.45) is 2.11. The minimum atomic E-state index is -0.174. The first-order chi connectivity index (χ1) is 8.16. The largest absolute Gasteiger partial charge is 0.350 e. The van der Waals surface area contributed by atoms with Crippen LogP contribution in [0.3, 0.4) is 0 Å². The molecule has 0 bridgehead atoms. The highest BCUT2D eigenvalue weighted by Gasteiger charge is 2.15. The van der Waals surface area contributed by atoms with E-state index in [2.05, 4.69) is 4.98 Å². The van der Waals surface area contributed by atoms with Crippen LogP contribution >= 0.6 is 0 Å². The van der Waals surface area contributed by atoms with Crippen molar-refractivity contribution in [2.75, 3.05) is 13.2 Å². The lowest BCUT2D eigenvalue weighted by Gasteiger charge is -2.11. The lowest BCUT2D eigenvalue weighted by molar-refractivity contribution is -0.0492. The van der Waals surface area contributed by atoms with Crippen molar-refractivity contribution in [3.05, 3.63) is 28.4 Å². The second-order valence-corrected chi connectivity index (χ2v) is 4.46. The molecule has 0 amide bonds. The number of aryl methyl sites for hydroxylation is 1. The van der Waals surface area contributed by atoms with Crippen LogP contribution in [0.15, 0.2) is 17.2 Å². The molecule has 0 aromatic carbocycles. The Bertz CT molecular complexity index is 422. The molecule has 0 radical (unpaired) electrons. The van der Waals surface area contributed by atoms with E-state index in [9.17, 15) is 4.79 Å². The van der Waals surface area contributed by atoms with Gasteiger partial charge in [-0.3, -0.25) is 9.36 Å². The third-order valence-corrected chi connectivity index (χ3v) is 2.79. The fraction of sp³-hybridized carbons (Fsp3) is 0.667. The first kappa shape index (κ1) is 12.3. The van der Waals surface area contributed by atoms with Gasteiger partial charge in [0.1, 0.15) is 0 Å². The summed E-state index contributed by atoms with van der Waals surface area (Å²) >= 11 is 0. The van der Waals surface area contributed by atoms with Gasteiger partial charge in [0.25, 0.3) is 5.56 Å². The second-order valence-electron chi connectivity index (χ2n) is 4.46. The van der Waals surface area contributed by atoms with E-state index in [0.29, 0.717) is 26.2 Å². The van der Waals surface area contributed by atoms with Crippen LogP contribution in [0.4, 0.5) is 0 Å². The summed E-state index contributed by atoms with van der Waals surface area (Å²) in [7, 11) is 0. The number of hydrogen-bond acceptors (Lipinski definition) is 4. The number of aromatic nitrogens is 2. The van der Waals surface area contributed by atoms with Crippen LogP contribution in [-0.4, -0.2) is 29.1 Å². The Kier molecular flexibility index (Phi) is 3.91. The predicted octanol–water partition coefficient (Wildman–Crippen LogP) is 1.13. The molecule has 1 aromatic heterocycles. The van der Waals surface area contributed by atoms with Gasteiger partial charge in [-0.2, -0.15) is 0 Å². The van der Waals surface area contributed by atoms with E-state index in [1.807, 2.05) is 13.8 Å². The van der Waals surface area contributed by atoms with E-state index in [1.54, 1.807) is 17.0 Å². The molecule has 0 unspecified atom stereocenters. The van der Waals surface area contributed by atoms with Crippen molar-refractivity contribution in [3.63, 3.8) is 0 Å². The Labute approximate surface area is 100 Å². The van der Waals surface area contributed by atoms with Gasteiger partial charge in [-0.05, 0) is 5.92 Å². The van der Waals surface area contributed by atoms with Crippen LogP contribution in [0.2, 0.25) is 0 Å². The average molecular weight is 238 g/mol. The summed E-state index contributed by atoms with van der Waals surface area (Å²) in [4.78, 5) is 16.1. The first-order valence-corrected chi connectivity index (χ1v) is 5.96. The molecule has 1 aliphatic rings. The van der Waals surface area contributed by atoms with Crippen molar-refractivity contribution < 1.29 is 9.47 Å². The third kappa shape index (κ3) is 3.14. The predicted molar refractivity (Wildman–Crippen MR) is 62.9 cm³/mol. The minimum absolute atomic E-state index is 0.0123. The first-order valence-electron chi connectivity index (χ1n) is 5.96. The smallest absolute Gasteiger partial charge is 0.253 e. The summed E-state index contributed by atoms with van der Waals surface area (Å²) < 4.78 is 12.2. The zero-order valence-electron chi connectivity index (χ0n) is 10.3. The Balaban J connectivity index is 1.98. The summed E-state index contributed by atoms with van der Waals surface area (Å²) in [6.45, 7) is 5.90. The molecule has 5 nitrogen and oxygen atoms in total. The SMILES string of the molecule is CC(C)c1cc(=O)n(CCC2OCCO2)cn1. The standard InChI is InChI=1S/C12H18N2O3/c1-9(2)10-7-11(15)14(8-13-10)4-3-12-16-5-6-17-12/h7-9,12H,3-6H2,1-2H3. The zero-order chi connectivity index (χ0) is 12.3. The van der Waals surface area contributed by atoms with Crippen molar-refractivity contribution in [1.29, 1.82) is 0 Å². The molecule has 1 aliphatic heterocycles. The van der Waals surface area contributed by atoms with Crippen LogP contribution in [0.1, 0.15) is 31.9 Å². The Morgan fingerprint density at radius 1 is 1.47 bits per heavy atom. The van der Waals surface area contributed by atoms with Crippen LogP contribution < -0.4 is 5.56 Å². The van der Waals surface area contributed by atoms with Crippen LogP contribution in [0.5, 0.6) is 0 Å². The fourth-order valence-corrected chi connectivity index (χ4v) is 1.74. The molecule has 0 saturated carbocycles. The molecule has 1 fully saturated rings. The molecule has 0 N–H and O–H groups in total. The summed E-state index contributed by atoms with van der Waals surface area (Å²) in [5.74, 6) is 0.277. The molecule has 94 valence electrons. The number of ether oxygens (including phenoxy) is 2. The van der Waals surface area contributed by atoms with Gasteiger partial charge in [0, 0.05) is 19.0 Å². The lowest BCUT2D eigenvalue weighted by Crippen LogP contribution is -2.23. The molecule has 1 saturated heterocycles. The molecule has 5 heteroatoms. The van der Waals surface area contributed by atoms with Crippen molar-refractivity contribution in [2.45, 2.75) is 39.0 Å². The topological polar surface area (TPSA) is 53.4 Å². The van der Waals surface area contributed by atoms with Gasteiger partial charge in [-0.1, -0.05) is 13.8 Å². The Morgan fingerprint density at radius 2 is 2.18 bits per heavy atom. The zero-order valence-corrected chi connectivity index (χ0v) is 10.3. The van der Waals surface area contributed by atoms with E-state index in [-0.39, 0.29) is 17.8 Å². The second kappa shape index (κ2) is 5.42. The molecule has 0 atom stereocenters. The number of hydrogen-bond donors (Lipinski definition) is 0. The average Bonchev–Trinajstić information content (AvgIpc) is 2.80. The van der Waals surface area contributed by atoms with E-state index in [0.717, 1.165) is 5.69 Å². The van der Waals surface area contributed by atoms with Crippen LogP contribution in [-0.2, 0) is 16.0 Å². The molecular weight excluding hydrogens is 220 g/mol. The maximum absolute atomic E-state index is 11.8. The van der Waals surface area contributed by atoms with Gasteiger partial charge < -0.3 is 9.47 Å². The summed E-state index contributed by atoms with van der Waals surface area (Å²) in [5.41, 5.74) is 0.821. The molecule has 17 heavy (non-hydrogen) atoms. The fourth-order valence-electron chi connectivity index (χ4n) is 1.74. The van der Waals surface area contributed by atoms with Gasteiger partial charge >= 0.3 is 0 Å². The van der Waals surface area contributed by atoms with Gasteiger partial charge in [-0.15, -0.1) is 0 Å². The van der Waals surface area contributed by atoms with Gasteiger partial charge in [-0.25, -0.2) is 4.98 Å². The molecule has 0 aliphatic carbocycles. The third-order valence-electron chi connectivity index (χ3n) is 2.79. The maximum atomic E-state index is 11.8. The van der Waals surface area contributed by atoms with Crippen molar-refractivity contribution in [3.8, 4) is 0 Å². The quantitative estimate of drug-likeness (QED) is 0.789. The molecule has 2 rings (SSSR count). The highest BCUT2D eigenvalue weighted by Crippen LogP contribution is 2.10. The molecule has 0 spiro atoms. The minimum Gasteiger partial charge on any atom is -0.350 e. The normalized spacial score (nSPS) is 16.9. The highest BCUT2D eigenvalue weighted by atomic mass is 16.7. The highest BCUT2D eigenvalue weighted by molar-refractivity contribution is 5.04. The van der Waals surface area contributed by atoms with Crippen molar-refractivity contribution >= 4 is 0 Å². The van der Waals surface area contributed by atoms with Crippen molar-refractivity contribution in [1.82, 2.24) is 9.55 Å². The summed E-state index contributed by atoms with van der Waals surface area (Å²) in [6, 6.07) is 1.60. The van der Waals surface area contributed by atoms with Crippen molar-refractivity contribution in [2.24, 2.45) is 0 Å². The van der Waals surface area contributed by atoms with E-state index < -0.39 is 0 Å². The monoisotopic (exact) mass is 238 g/mol.